The molecule has 2 atom stereocenters. The van der Waals surface area contributed by atoms with E-state index < -0.39 is 17.6 Å². The van der Waals surface area contributed by atoms with Crippen molar-refractivity contribution in [3.63, 3.8) is 0 Å². The van der Waals surface area contributed by atoms with Crippen molar-refractivity contribution in [2.45, 2.75) is 32.5 Å². The highest BCUT2D eigenvalue weighted by molar-refractivity contribution is 6.36. The number of ether oxygens (including phenoxy) is 1. The molecular formula is C32H33ClN6O5. The number of hydrogen-bond acceptors (Lipinski definition) is 8. The fourth-order valence-corrected chi connectivity index (χ4v) is 5.61. The van der Waals surface area contributed by atoms with E-state index in [0.717, 1.165) is 26.9 Å². The summed E-state index contributed by atoms with van der Waals surface area (Å²) in [5.74, 6) is -0.187. The molecule has 11 nitrogen and oxygen atoms in total. The van der Waals surface area contributed by atoms with Crippen LogP contribution in [0, 0.1) is 6.92 Å². The minimum absolute atomic E-state index is 0.0107. The maximum Gasteiger partial charge on any atom is 0.279 e. The lowest BCUT2D eigenvalue weighted by atomic mass is 9.96. The van der Waals surface area contributed by atoms with Gasteiger partial charge in [-0.1, -0.05) is 48.0 Å². The van der Waals surface area contributed by atoms with E-state index >= 15 is 0 Å². The Kier molecular flexibility index (Phi) is 9.09. The minimum Gasteiger partial charge on any atom is -0.481 e. The van der Waals surface area contributed by atoms with Gasteiger partial charge < -0.3 is 25.4 Å². The number of anilines is 1. The molecule has 12 heteroatoms. The zero-order valence-electron chi connectivity index (χ0n) is 24.8. The summed E-state index contributed by atoms with van der Waals surface area (Å²) in [5, 5.41) is 20.8. The molecule has 4 aromatic rings. The van der Waals surface area contributed by atoms with Gasteiger partial charge in [-0.15, -0.1) is 0 Å². The van der Waals surface area contributed by atoms with Crippen LogP contribution in [0.15, 0.2) is 65.6 Å². The van der Waals surface area contributed by atoms with Crippen LogP contribution in [0.2, 0.25) is 5.02 Å². The molecule has 1 aliphatic heterocycles. The van der Waals surface area contributed by atoms with Gasteiger partial charge in [0.05, 0.1) is 30.0 Å². The van der Waals surface area contributed by atoms with E-state index in [1.165, 1.54) is 26.2 Å². The van der Waals surface area contributed by atoms with Gasteiger partial charge >= 0.3 is 0 Å². The van der Waals surface area contributed by atoms with Gasteiger partial charge in [0.25, 0.3) is 11.5 Å². The summed E-state index contributed by atoms with van der Waals surface area (Å²) in [7, 11) is 3.03. The van der Waals surface area contributed by atoms with Crippen LogP contribution in [-0.4, -0.2) is 68.9 Å². The van der Waals surface area contributed by atoms with E-state index in [1.54, 1.807) is 18.1 Å². The second-order valence-electron chi connectivity index (χ2n) is 10.6. The third-order valence-corrected chi connectivity index (χ3v) is 8.23. The SMILES string of the molecule is COc1nc(-c2cccc(-c3cccc(NC(=O)c4ccnn(C)c4=O)c3C)c2Cl)ccc1CN[C@@H]1CN(C(C)=O)C[C@@H]1O. The van der Waals surface area contributed by atoms with Crippen LogP contribution in [0.25, 0.3) is 22.4 Å². The highest BCUT2D eigenvalue weighted by atomic mass is 35.5. The van der Waals surface area contributed by atoms with Crippen molar-refractivity contribution in [2.24, 2.45) is 7.05 Å². The quantitative estimate of drug-likeness (QED) is 0.274. The number of aromatic nitrogens is 3. The zero-order chi connectivity index (χ0) is 31.5. The number of carbonyl (C=O) groups excluding carboxylic acids is 2. The minimum atomic E-state index is -0.656. The van der Waals surface area contributed by atoms with E-state index in [0.29, 0.717) is 47.5 Å². The van der Waals surface area contributed by atoms with Gasteiger partial charge in [-0.3, -0.25) is 14.4 Å². The number of aliphatic hydroxyl groups is 1. The van der Waals surface area contributed by atoms with Gasteiger partial charge in [0.1, 0.15) is 5.56 Å². The molecule has 1 fully saturated rings. The predicted molar refractivity (Wildman–Crippen MR) is 168 cm³/mol. The zero-order valence-corrected chi connectivity index (χ0v) is 25.6. The average molecular weight is 617 g/mol. The van der Waals surface area contributed by atoms with Crippen LogP contribution >= 0.6 is 11.6 Å². The van der Waals surface area contributed by atoms with Gasteiger partial charge in [-0.05, 0) is 36.2 Å². The maximum absolute atomic E-state index is 12.9. The Balaban J connectivity index is 1.39. The Morgan fingerprint density at radius 1 is 1.07 bits per heavy atom. The number of amides is 2. The van der Waals surface area contributed by atoms with Crippen LogP contribution in [-0.2, 0) is 18.4 Å². The number of aryl methyl sites for hydroxylation is 1. The van der Waals surface area contributed by atoms with Crippen molar-refractivity contribution in [3.8, 4) is 28.3 Å². The number of hydrogen-bond donors (Lipinski definition) is 3. The summed E-state index contributed by atoms with van der Waals surface area (Å²) < 4.78 is 6.71. The van der Waals surface area contributed by atoms with Crippen LogP contribution in [0.1, 0.15) is 28.4 Å². The van der Waals surface area contributed by atoms with E-state index in [1.807, 2.05) is 49.4 Å². The maximum atomic E-state index is 12.9. The second kappa shape index (κ2) is 13.0. The molecule has 0 spiro atoms. The molecule has 3 heterocycles. The summed E-state index contributed by atoms with van der Waals surface area (Å²) in [6.07, 6.45) is 0.747. The molecule has 0 saturated carbocycles. The van der Waals surface area contributed by atoms with Crippen molar-refractivity contribution in [1.82, 2.24) is 25.0 Å². The Morgan fingerprint density at radius 3 is 2.52 bits per heavy atom. The summed E-state index contributed by atoms with van der Waals surface area (Å²) in [5.41, 5.74) is 4.46. The Morgan fingerprint density at radius 2 is 1.80 bits per heavy atom. The van der Waals surface area contributed by atoms with Crippen molar-refractivity contribution >= 4 is 29.1 Å². The molecule has 1 aliphatic rings. The number of aliphatic hydroxyl groups excluding tert-OH is 1. The number of rotatable bonds is 8. The summed E-state index contributed by atoms with van der Waals surface area (Å²) in [6.45, 7) is 4.49. The van der Waals surface area contributed by atoms with Gasteiger partial charge in [0, 0.05) is 62.2 Å². The van der Waals surface area contributed by atoms with Crippen molar-refractivity contribution < 1.29 is 19.4 Å². The number of nitrogens with zero attached hydrogens (tertiary/aromatic N) is 4. The van der Waals surface area contributed by atoms with Crippen LogP contribution in [0.4, 0.5) is 5.69 Å². The van der Waals surface area contributed by atoms with Crippen molar-refractivity contribution in [3.05, 3.63) is 92.9 Å². The van der Waals surface area contributed by atoms with Crippen molar-refractivity contribution in [2.75, 3.05) is 25.5 Å². The molecular weight excluding hydrogens is 584 g/mol. The number of benzene rings is 2. The first-order valence-electron chi connectivity index (χ1n) is 14.0. The van der Waals surface area contributed by atoms with Gasteiger partial charge in [-0.2, -0.15) is 5.10 Å². The lowest BCUT2D eigenvalue weighted by molar-refractivity contribution is -0.128. The third kappa shape index (κ3) is 6.21. The first kappa shape index (κ1) is 30.9. The second-order valence-corrected chi connectivity index (χ2v) is 11.0. The molecule has 1 saturated heterocycles. The van der Waals surface area contributed by atoms with Crippen LogP contribution < -0.4 is 20.9 Å². The smallest absolute Gasteiger partial charge is 0.279 e. The summed E-state index contributed by atoms with van der Waals surface area (Å²) in [4.78, 5) is 43.3. The number of likely N-dealkylation sites (tertiary alicyclic amines) is 1. The number of methoxy groups -OCH3 is 1. The summed E-state index contributed by atoms with van der Waals surface area (Å²) >= 11 is 6.99. The monoisotopic (exact) mass is 616 g/mol. The van der Waals surface area contributed by atoms with Crippen LogP contribution in [0.5, 0.6) is 5.88 Å². The average Bonchev–Trinajstić information content (AvgIpc) is 3.39. The largest absolute Gasteiger partial charge is 0.481 e. The Hall–Kier alpha value is -4.58. The number of pyridine rings is 1. The summed E-state index contributed by atoms with van der Waals surface area (Å²) in [6, 6.07) is 16.0. The van der Waals surface area contributed by atoms with Crippen molar-refractivity contribution in [1.29, 1.82) is 0 Å². The van der Waals surface area contributed by atoms with Gasteiger partial charge in [0.15, 0.2) is 0 Å². The third-order valence-electron chi connectivity index (χ3n) is 7.82. The normalized spacial score (nSPS) is 16.2. The fraction of sp³-hybridized carbons (Fsp3) is 0.281. The Bertz CT molecular complexity index is 1790. The van der Waals surface area contributed by atoms with E-state index in [4.69, 9.17) is 21.3 Å². The molecule has 0 aliphatic carbocycles. The molecule has 0 bridgehead atoms. The number of β-amino-alcohol motifs (C(OH)–C–C–N with tert-alkyl or cyclic N) is 1. The number of nitrogens with one attached hydrogen (secondary N) is 2. The van der Waals surface area contributed by atoms with Crippen LogP contribution in [0.3, 0.4) is 0 Å². The Labute approximate surface area is 259 Å². The molecule has 5 rings (SSSR count). The molecule has 2 aromatic carbocycles. The number of carbonyl (C=O) groups is 2. The highest BCUT2D eigenvalue weighted by Crippen LogP contribution is 2.39. The molecule has 3 N–H and O–H groups in total. The lowest BCUT2D eigenvalue weighted by Crippen LogP contribution is -2.38. The number of halogens is 1. The van der Waals surface area contributed by atoms with Gasteiger partial charge in [-0.25, -0.2) is 9.67 Å². The molecule has 2 aromatic heterocycles. The molecule has 44 heavy (non-hydrogen) atoms. The van der Waals surface area contributed by atoms with E-state index in [-0.39, 0.29) is 17.5 Å². The topological polar surface area (TPSA) is 139 Å². The molecule has 2 amide bonds. The molecule has 0 unspecified atom stereocenters. The van der Waals surface area contributed by atoms with Gasteiger partial charge in [0.2, 0.25) is 11.8 Å². The van der Waals surface area contributed by atoms with E-state index in [9.17, 15) is 19.5 Å². The molecule has 228 valence electrons. The lowest BCUT2D eigenvalue weighted by Gasteiger charge is -2.18. The highest BCUT2D eigenvalue weighted by Gasteiger charge is 2.32. The van der Waals surface area contributed by atoms with E-state index in [2.05, 4.69) is 15.7 Å². The first-order chi connectivity index (χ1) is 21.1. The fourth-order valence-electron chi connectivity index (χ4n) is 5.29. The molecule has 0 radical (unpaired) electrons. The first-order valence-corrected chi connectivity index (χ1v) is 14.4. The predicted octanol–water partition coefficient (Wildman–Crippen LogP) is 3.41. The standard InChI is InChI=1S/C32H33ClN6O5/c1-18-21(7-6-10-25(18)36-30(42)24-13-14-35-38(3)32(24)43)22-8-5-9-23(29(22)33)26-12-11-20(31(37-26)44-4)15-34-27-16-39(19(2)40)17-28(27)41/h5-14,27-28,34,41H,15-17H2,1-4H3,(H,36,42)/t27-,28+/m1/s1.